The summed E-state index contributed by atoms with van der Waals surface area (Å²) < 4.78 is 3.29. The molecule has 2 heterocycles. The molecule has 6 heteroatoms. The van der Waals surface area contributed by atoms with E-state index in [9.17, 15) is 4.79 Å². The zero-order valence-electron chi connectivity index (χ0n) is 14.2. The van der Waals surface area contributed by atoms with Gasteiger partial charge in [0.2, 0.25) is 0 Å². The normalized spacial score (nSPS) is 10.7. The summed E-state index contributed by atoms with van der Waals surface area (Å²) in [6, 6.07) is 22.9. The standard InChI is InChI=1S/C20H17N5O/c1-24-13-12-19(23-24)21-20(26)18-14-17(15-8-4-2-5-9-15)22-25(18)16-10-6-3-7-11-16/h2-14H,1H3,(H,21,23,26). The fourth-order valence-electron chi connectivity index (χ4n) is 2.72. The number of anilines is 1. The third-order valence-electron chi connectivity index (χ3n) is 3.97. The Balaban J connectivity index is 1.76. The predicted molar refractivity (Wildman–Crippen MR) is 100 cm³/mol. The Kier molecular flexibility index (Phi) is 4.07. The Labute approximate surface area is 150 Å². The van der Waals surface area contributed by atoms with Crippen LogP contribution in [0.1, 0.15) is 10.5 Å². The summed E-state index contributed by atoms with van der Waals surface area (Å²) in [6.07, 6.45) is 1.78. The molecule has 0 fully saturated rings. The largest absolute Gasteiger partial charge is 0.304 e. The van der Waals surface area contributed by atoms with Gasteiger partial charge in [0.25, 0.3) is 5.91 Å². The molecule has 6 nitrogen and oxygen atoms in total. The molecule has 4 aromatic rings. The molecule has 0 atom stereocenters. The van der Waals surface area contributed by atoms with Gasteiger partial charge >= 0.3 is 0 Å². The molecule has 0 unspecified atom stereocenters. The van der Waals surface area contributed by atoms with E-state index in [1.54, 1.807) is 34.7 Å². The minimum atomic E-state index is -0.262. The van der Waals surface area contributed by atoms with Gasteiger partial charge in [-0.3, -0.25) is 9.48 Å². The molecule has 1 amide bonds. The van der Waals surface area contributed by atoms with Gasteiger partial charge in [-0.25, -0.2) is 4.68 Å². The molecule has 1 N–H and O–H groups in total. The highest BCUT2D eigenvalue weighted by atomic mass is 16.2. The van der Waals surface area contributed by atoms with Gasteiger partial charge in [0, 0.05) is 24.9 Å². The Bertz CT molecular complexity index is 1030. The molecule has 0 aliphatic rings. The highest BCUT2D eigenvalue weighted by Gasteiger charge is 2.18. The van der Waals surface area contributed by atoms with Crippen molar-refractivity contribution >= 4 is 11.7 Å². The maximum Gasteiger partial charge on any atom is 0.275 e. The number of amides is 1. The van der Waals surface area contributed by atoms with Crippen LogP contribution in [-0.4, -0.2) is 25.5 Å². The van der Waals surface area contributed by atoms with Gasteiger partial charge in [-0.2, -0.15) is 10.2 Å². The van der Waals surface area contributed by atoms with E-state index < -0.39 is 0 Å². The lowest BCUT2D eigenvalue weighted by Crippen LogP contribution is -2.17. The SMILES string of the molecule is Cn1ccc(NC(=O)c2cc(-c3ccccc3)nn2-c2ccccc2)n1. The van der Waals surface area contributed by atoms with E-state index in [-0.39, 0.29) is 5.91 Å². The molecule has 0 saturated heterocycles. The first-order valence-electron chi connectivity index (χ1n) is 8.22. The summed E-state index contributed by atoms with van der Waals surface area (Å²) in [7, 11) is 1.80. The number of rotatable bonds is 4. The lowest BCUT2D eigenvalue weighted by molar-refractivity contribution is 0.101. The summed E-state index contributed by atoms with van der Waals surface area (Å²) in [6.45, 7) is 0. The van der Waals surface area contributed by atoms with Crippen LogP contribution in [0.25, 0.3) is 16.9 Å². The van der Waals surface area contributed by atoms with Crippen LogP contribution in [-0.2, 0) is 7.05 Å². The Hall–Kier alpha value is -3.67. The van der Waals surface area contributed by atoms with Crippen LogP contribution in [0.4, 0.5) is 5.82 Å². The molecule has 0 radical (unpaired) electrons. The summed E-state index contributed by atoms with van der Waals surface area (Å²) in [4.78, 5) is 12.8. The van der Waals surface area contributed by atoms with E-state index >= 15 is 0 Å². The molecule has 0 saturated carbocycles. The average Bonchev–Trinajstić information content (AvgIpc) is 3.30. The molecule has 2 aromatic heterocycles. The maximum absolute atomic E-state index is 12.8. The van der Waals surface area contributed by atoms with Crippen molar-refractivity contribution in [2.24, 2.45) is 7.05 Å². The van der Waals surface area contributed by atoms with Crippen molar-refractivity contribution in [2.75, 3.05) is 5.32 Å². The monoisotopic (exact) mass is 343 g/mol. The van der Waals surface area contributed by atoms with Gasteiger partial charge in [0.1, 0.15) is 5.69 Å². The number of nitrogens with one attached hydrogen (secondary N) is 1. The number of carbonyl (C=O) groups is 1. The second kappa shape index (κ2) is 6.68. The van der Waals surface area contributed by atoms with Crippen molar-refractivity contribution in [1.82, 2.24) is 19.6 Å². The van der Waals surface area contributed by atoms with Crippen molar-refractivity contribution in [1.29, 1.82) is 0 Å². The van der Waals surface area contributed by atoms with Crippen molar-refractivity contribution in [3.63, 3.8) is 0 Å². The van der Waals surface area contributed by atoms with E-state index in [2.05, 4.69) is 15.5 Å². The molecule has 128 valence electrons. The van der Waals surface area contributed by atoms with E-state index in [0.29, 0.717) is 11.5 Å². The molecule has 2 aromatic carbocycles. The van der Waals surface area contributed by atoms with Crippen LogP contribution in [0.15, 0.2) is 79.0 Å². The van der Waals surface area contributed by atoms with E-state index in [1.807, 2.05) is 60.7 Å². The second-order valence-electron chi connectivity index (χ2n) is 5.86. The number of carbonyl (C=O) groups excluding carboxylic acids is 1. The van der Waals surface area contributed by atoms with Gasteiger partial charge in [-0.15, -0.1) is 0 Å². The first-order chi connectivity index (χ1) is 12.7. The average molecular weight is 343 g/mol. The number of hydrogen-bond acceptors (Lipinski definition) is 3. The first kappa shape index (κ1) is 15.8. The van der Waals surface area contributed by atoms with Crippen LogP contribution in [0, 0.1) is 0 Å². The summed E-state index contributed by atoms with van der Waals surface area (Å²) in [5.74, 6) is 0.238. The van der Waals surface area contributed by atoms with E-state index in [1.165, 1.54) is 0 Å². The predicted octanol–water partition coefficient (Wildman–Crippen LogP) is 3.53. The van der Waals surface area contributed by atoms with Crippen molar-refractivity contribution in [2.45, 2.75) is 0 Å². The summed E-state index contributed by atoms with van der Waals surface area (Å²) in [5.41, 5.74) is 2.95. The van der Waals surface area contributed by atoms with Gasteiger partial charge in [-0.05, 0) is 18.2 Å². The molecule has 0 aliphatic heterocycles. The van der Waals surface area contributed by atoms with Crippen molar-refractivity contribution in [3.8, 4) is 16.9 Å². The zero-order valence-corrected chi connectivity index (χ0v) is 14.2. The molecular formula is C20H17N5O. The summed E-state index contributed by atoms with van der Waals surface area (Å²) in [5, 5.41) is 11.7. The smallest absolute Gasteiger partial charge is 0.275 e. The third kappa shape index (κ3) is 3.12. The van der Waals surface area contributed by atoms with Gasteiger partial charge in [-0.1, -0.05) is 48.5 Å². The highest BCUT2D eigenvalue weighted by molar-refractivity contribution is 6.03. The first-order valence-corrected chi connectivity index (χ1v) is 8.22. The molecule has 0 spiro atoms. The van der Waals surface area contributed by atoms with Crippen molar-refractivity contribution in [3.05, 3.63) is 84.7 Å². The lowest BCUT2D eigenvalue weighted by Gasteiger charge is -2.06. The quantitative estimate of drug-likeness (QED) is 0.616. The van der Waals surface area contributed by atoms with Crippen molar-refractivity contribution < 1.29 is 4.79 Å². The molecular weight excluding hydrogens is 326 g/mol. The Morgan fingerprint density at radius 3 is 2.27 bits per heavy atom. The van der Waals surface area contributed by atoms with Crippen LogP contribution in [0.2, 0.25) is 0 Å². The number of hydrogen-bond donors (Lipinski definition) is 1. The minimum absolute atomic E-state index is 0.262. The van der Waals surface area contributed by atoms with Crippen LogP contribution >= 0.6 is 0 Å². The van der Waals surface area contributed by atoms with Crippen LogP contribution in [0.3, 0.4) is 0 Å². The maximum atomic E-state index is 12.8. The number of aromatic nitrogens is 4. The van der Waals surface area contributed by atoms with Crippen LogP contribution in [0.5, 0.6) is 0 Å². The second-order valence-corrected chi connectivity index (χ2v) is 5.86. The Morgan fingerprint density at radius 2 is 1.62 bits per heavy atom. The molecule has 0 bridgehead atoms. The Morgan fingerprint density at radius 1 is 0.923 bits per heavy atom. The highest BCUT2D eigenvalue weighted by Crippen LogP contribution is 2.22. The molecule has 0 aliphatic carbocycles. The number of nitrogens with zero attached hydrogens (tertiary/aromatic N) is 4. The van der Waals surface area contributed by atoms with E-state index in [0.717, 1.165) is 16.9 Å². The zero-order chi connectivity index (χ0) is 17.9. The number of para-hydroxylation sites is 1. The fraction of sp³-hybridized carbons (Fsp3) is 0.0500. The molecule has 26 heavy (non-hydrogen) atoms. The number of benzene rings is 2. The summed E-state index contributed by atoms with van der Waals surface area (Å²) >= 11 is 0. The van der Waals surface area contributed by atoms with Crippen LogP contribution < -0.4 is 5.32 Å². The topological polar surface area (TPSA) is 64.7 Å². The van der Waals surface area contributed by atoms with E-state index in [4.69, 9.17) is 0 Å². The third-order valence-corrected chi connectivity index (χ3v) is 3.97. The van der Waals surface area contributed by atoms with Gasteiger partial charge < -0.3 is 5.32 Å². The number of aryl methyl sites for hydroxylation is 1. The molecule has 4 rings (SSSR count). The minimum Gasteiger partial charge on any atom is -0.304 e. The van der Waals surface area contributed by atoms with Gasteiger partial charge in [0.05, 0.1) is 11.4 Å². The fourth-order valence-corrected chi connectivity index (χ4v) is 2.72. The van der Waals surface area contributed by atoms with Gasteiger partial charge in [0.15, 0.2) is 5.82 Å². The lowest BCUT2D eigenvalue weighted by atomic mass is 10.1.